The average Bonchev–Trinajstić information content (AvgIpc) is 2.46. The van der Waals surface area contributed by atoms with Gasteiger partial charge in [0.1, 0.15) is 6.10 Å². The molecule has 2 N–H and O–H groups in total. The van der Waals surface area contributed by atoms with Crippen LogP contribution in [-0.4, -0.2) is 27.6 Å². The summed E-state index contributed by atoms with van der Waals surface area (Å²) in [6.45, 7) is 1.38. The molecule has 2 aliphatic carbocycles. The van der Waals surface area contributed by atoms with Crippen LogP contribution < -0.4 is 5.32 Å². The number of hydrogen-bond acceptors (Lipinski definition) is 3. The molecule has 4 nitrogen and oxygen atoms in total. The van der Waals surface area contributed by atoms with E-state index in [2.05, 4.69) is 5.32 Å². The number of nitrogens with one attached hydrogen (secondary N) is 1. The molecule has 2 aliphatic rings. The number of anilines is 1. The van der Waals surface area contributed by atoms with Crippen LogP contribution in [0.4, 0.5) is 5.69 Å². The van der Waals surface area contributed by atoms with Gasteiger partial charge in [-0.15, -0.1) is 0 Å². The van der Waals surface area contributed by atoms with Crippen molar-refractivity contribution in [2.24, 2.45) is 0 Å². The molecule has 0 radical (unpaired) electrons. The van der Waals surface area contributed by atoms with Gasteiger partial charge in [-0.1, -0.05) is 35.3 Å². The van der Waals surface area contributed by atoms with Crippen LogP contribution in [0.15, 0.2) is 41.3 Å². The zero-order chi connectivity index (χ0) is 17.1. The van der Waals surface area contributed by atoms with Gasteiger partial charge in [0, 0.05) is 16.8 Å². The molecule has 1 aromatic rings. The van der Waals surface area contributed by atoms with Crippen molar-refractivity contribution in [1.82, 2.24) is 0 Å². The van der Waals surface area contributed by atoms with E-state index < -0.39 is 22.8 Å². The lowest BCUT2D eigenvalue weighted by Crippen LogP contribution is -2.24. The maximum absolute atomic E-state index is 11.1. The van der Waals surface area contributed by atoms with E-state index in [4.69, 9.17) is 28.3 Å². The van der Waals surface area contributed by atoms with Crippen LogP contribution in [-0.2, 0) is 15.6 Å². The monoisotopic (exact) mass is 371 g/mol. The topological polar surface area (TPSA) is 66.4 Å². The van der Waals surface area contributed by atoms with E-state index in [1.54, 1.807) is 18.4 Å². The molecule has 23 heavy (non-hydrogen) atoms. The van der Waals surface area contributed by atoms with Gasteiger partial charge in [0.05, 0.1) is 20.8 Å². The number of carbonyl (C=O) groups excluding carboxylic acids is 1. The highest BCUT2D eigenvalue weighted by Gasteiger charge is 2.09. The Morgan fingerprint density at radius 3 is 2.22 bits per heavy atom. The molecule has 3 rings (SSSR count). The summed E-state index contributed by atoms with van der Waals surface area (Å²) in [5.41, 5.74) is 0.505. The van der Waals surface area contributed by atoms with E-state index in [0.29, 0.717) is 15.7 Å². The van der Waals surface area contributed by atoms with Crippen molar-refractivity contribution >= 4 is 45.6 Å². The van der Waals surface area contributed by atoms with Crippen molar-refractivity contribution in [3.63, 3.8) is 0 Å². The van der Waals surface area contributed by atoms with Crippen molar-refractivity contribution in [3.05, 3.63) is 56.9 Å². The molecule has 2 unspecified atom stereocenters. The largest absolute Gasteiger partial charge is 0.384 e. The molecule has 0 saturated carbocycles. The van der Waals surface area contributed by atoms with Gasteiger partial charge in [0.2, 0.25) is 0 Å². The second-order valence-corrected chi connectivity index (χ2v) is 7.12. The van der Waals surface area contributed by atoms with Crippen molar-refractivity contribution in [2.75, 3.05) is 11.6 Å². The first-order chi connectivity index (χ1) is 10.8. The second-order valence-electron chi connectivity index (χ2n) is 4.96. The number of rotatable bonds is 3. The lowest BCUT2D eigenvalue weighted by Gasteiger charge is -2.07. The third kappa shape index (κ3) is 4.32. The van der Waals surface area contributed by atoms with Crippen LogP contribution in [0.2, 0.25) is 10.0 Å². The molecule has 122 valence electrons. The fraction of sp³-hybridized carbons (Fsp3) is 0.188. The van der Waals surface area contributed by atoms with Gasteiger partial charge in [-0.3, -0.25) is 9.00 Å². The smallest absolute Gasteiger partial charge is 0.252 e. The van der Waals surface area contributed by atoms with Gasteiger partial charge in [0.15, 0.2) is 0 Å². The van der Waals surface area contributed by atoms with Gasteiger partial charge in [-0.2, -0.15) is 0 Å². The SMILES string of the molecule is CC(O)C(=O)Nc1ccc(Cl)c(Cl)c1.CS(=O)c1cc2ccc1=2. The summed E-state index contributed by atoms with van der Waals surface area (Å²) in [7, 11) is -0.771. The second kappa shape index (κ2) is 7.45. The first-order valence-corrected chi connectivity index (χ1v) is 9.03. The van der Waals surface area contributed by atoms with E-state index in [-0.39, 0.29) is 0 Å². The first-order valence-electron chi connectivity index (χ1n) is 6.71. The van der Waals surface area contributed by atoms with Gasteiger partial charge in [-0.05, 0) is 41.6 Å². The highest BCUT2D eigenvalue weighted by molar-refractivity contribution is 7.84. The van der Waals surface area contributed by atoms with Crippen LogP contribution in [0.5, 0.6) is 0 Å². The zero-order valence-electron chi connectivity index (χ0n) is 12.5. The predicted octanol–water partition coefficient (Wildman–Crippen LogP) is 3.34. The predicted molar refractivity (Wildman–Crippen MR) is 93.2 cm³/mol. The number of benzene rings is 2. The Bertz CT molecular complexity index is 868. The van der Waals surface area contributed by atoms with E-state index in [0.717, 1.165) is 4.90 Å². The van der Waals surface area contributed by atoms with Crippen molar-refractivity contribution in [2.45, 2.75) is 17.9 Å². The molecule has 0 fully saturated rings. The molecule has 0 spiro atoms. The molecule has 7 heteroatoms. The number of amides is 1. The minimum Gasteiger partial charge on any atom is -0.384 e. The molecule has 2 atom stereocenters. The highest BCUT2D eigenvalue weighted by Crippen LogP contribution is 2.25. The third-order valence-corrected chi connectivity index (χ3v) is 4.87. The normalized spacial score (nSPS) is 13.4. The Balaban J connectivity index is 0.000000182. The standard InChI is InChI=1S/C9H9Cl2NO2.C7H6OS/c1-5(13)9(14)12-6-2-3-7(10)8(11)4-6;1-9(8)7-4-5-2-3-6(5)7/h2-5,13H,1H3,(H,12,14);2-4H,1H3. The molecule has 0 aromatic heterocycles. The summed E-state index contributed by atoms with van der Waals surface area (Å²) in [4.78, 5) is 12.1. The summed E-state index contributed by atoms with van der Waals surface area (Å²) in [6, 6.07) is 10.7. The number of hydrogen-bond donors (Lipinski definition) is 2. The highest BCUT2D eigenvalue weighted by atomic mass is 35.5. The molecule has 1 amide bonds. The van der Waals surface area contributed by atoms with E-state index in [9.17, 15) is 9.00 Å². The summed E-state index contributed by atoms with van der Waals surface area (Å²) in [6.07, 6.45) is 0.659. The molecule has 0 saturated heterocycles. The number of aliphatic hydroxyl groups excluding tert-OH is 1. The summed E-state index contributed by atoms with van der Waals surface area (Å²) < 4.78 is 10.8. The molecule has 0 heterocycles. The van der Waals surface area contributed by atoms with Crippen molar-refractivity contribution in [1.29, 1.82) is 0 Å². The molecule has 1 aromatic carbocycles. The van der Waals surface area contributed by atoms with E-state index in [1.165, 1.54) is 23.4 Å². The van der Waals surface area contributed by atoms with E-state index >= 15 is 0 Å². The molecular formula is C16H15Cl2NO3S. The lowest BCUT2D eigenvalue weighted by molar-refractivity contribution is -0.123. The van der Waals surface area contributed by atoms with Gasteiger partial charge in [-0.25, -0.2) is 0 Å². The number of carbonyl (C=O) groups is 1. The molecule has 0 aliphatic heterocycles. The maximum atomic E-state index is 11.1. The lowest BCUT2D eigenvalue weighted by atomic mass is 10.1. The summed E-state index contributed by atoms with van der Waals surface area (Å²) >= 11 is 11.4. The number of aliphatic hydroxyl groups is 1. The Labute approximate surface area is 146 Å². The summed E-state index contributed by atoms with van der Waals surface area (Å²) in [5.74, 6) is -0.483. The van der Waals surface area contributed by atoms with Crippen LogP contribution in [0.3, 0.4) is 0 Å². The Hall–Kier alpha value is -1.40. The van der Waals surface area contributed by atoms with Crippen molar-refractivity contribution < 1.29 is 14.1 Å². The zero-order valence-corrected chi connectivity index (χ0v) is 14.8. The van der Waals surface area contributed by atoms with Crippen LogP contribution >= 0.6 is 23.2 Å². The van der Waals surface area contributed by atoms with Crippen LogP contribution in [0.1, 0.15) is 6.92 Å². The fourth-order valence-electron chi connectivity index (χ4n) is 1.81. The summed E-state index contributed by atoms with van der Waals surface area (Å²) in [5, 5.41) is 14.7. The molecular weight excluding hydrogens is 357 g/mol. The first kappa shape index (κ1) is 17.9. The van der Waals surface area contributed by atoms with E-state index in [1.807, 2.05) is 18.2 Å². The maximum Gasteiger partial charge on any atom is 0.252 e. The van der Waals surface area contributed by atoms with Gasteiger partial charge >= 0.3 is 0 Å². The Morgan fingerprint density at radius 2 is 1.87 bits per heavy atom. The number of halogens is 2. The minimum atomic E-state index is -1.05. The van der Waals surface area contributed by atoms with Crippen molar-refractivity contribution in [3.8, 4) is 0 Å². The van der Waals surface area contributed by atoms with Crippen LogP contribution in [0.25, 0.3) is 0 Å². The quantitative estimate of drug-likeness (QED) is 0.741. The third-order valence-electron chi connectivity index (χ3n) is 3.17. The Kier molecular flexibility index (Phi) is 5.81. The van der Waals surface area contributed by atoms with Crippen LogP contribution in [0, 0.1) is 10.4 Å². The fourth-order valence-corrected chi connectivity index (χ4v) is 2.90. The van der Waals surface area contributed by atoms with Gasteiger partial charge in [0.25, 0.3) is 5.91 Å². The molecule has 0 bridgehead atoms. The van der Waals surface area contributed by atoms with Gasteiger partial charge < -0.3 is 10.4 Å². The minimum absolute atomic E-state index is 0.357. The Morgan fingerprint density at radius 1 is 1.17 bits per heavy atom. The average molecular weight is 372 g/mol.